The average Bonchev–Trinajstić information content (AvgIpc) is 2.46. The van der Waals surface area contributed by atoms with Gasteiger partial charge >= 0.3 is 5.97 Å². The molecule has 4 heteroatoms. The predicted molar refractivity (Wildman–Crippen MR) is 75.8 cm³/mol. The molecule has 0 aromatic heterocycles. The van der Waals surface area contributed by atoms with Crippen molar-refractivity contribution in [2.75, 3.05) is 12.1 Å². The molecule has 0 unspecified atom stereocenters. The Bertz CT molecular complexity index is 577. The van der Waals surface area contributed by atoms with E-state index in [9.17, 15) is 4.79 Å². The van der Waals surface area contributed by atoms with Gasteiger partial charge < -0.3 is 5.11 Å². The average molecular weight is 254 g/mol. The van der Waals surface area contributed by atoms with Crippen LogP contribution >= 0.6 is 0 Å². The molecule has 0 aliphatic heterocycles. The summed E-state index contributed by atoms with van der Waals surface area (Å²) in [7, 11) is 1.86. The number of aromatic carboxylic acids is 1. The zero-order valence-corrected chi connectivity index (χ0v) is 10.5. The van der Waals surface area contributed by atoms with Gasteiger partial charge in [0.25, 0.3) is 0 Å². The Morgan fingerprint density at radius 2 is 1.74 bits per heavy atom. The summed E-state index contributed by atoms with van der Waals surface area (Å²) in [6.45, 7) is 0. The smallest absolute Gasteiger partial charge is 0.335 e. The molecule has 1 N–H and O–H groups in total. The molecule has 4 nitrogen and oxygen atoms in total. The number of hydrogen-bond acceptors (Lipinski definition) is 3. The Labute approximate surface area is 111 Å². The number of anilines is 1. The van der Waals surface area contributed by atoms with Gasteiger partial charge in [-0.05, 0) is 29.8 Å². The Morgan fingerprint density at radius 1 is 1.11 bits per heavy atom. The lowest BCUT2D eigenvalue weighted by atomic mass is 10.1. The predicted octanol–water partition coefficient (Wildman–Crippen LogP) is 2.86. The van der Waals surface area contributed by atoms with Crippen molar-refractivity contribution in [2.45, 2.75) is 0 Å². The highest BCUT2D eigenvalue weighted by molar-refractivity contribution is 5.89. The van der Waals surface area contributed by atoms with Crippen LogP contribution in [0.3, 0.4) is 0 Å². The topological polar surface area (TPSA) is 52.9 Å². The number of carboxylic acids is 1. The molecule has 0 aliphatic rings. The van der Waals surface area contributed by atoms with E-state index in [4.69, 9.17) is 5.11 Å². The van der Waals surface area contributed by atoms with Gasteiger partial charge in [-0.25, -0.2) is 4.79 Å². The highest BCUT2D eigenvalue weighted by atomic mass is 16.4. The Hall–Kier alpha value is -2.62. The first-order valence-electron chi connectivity index (χ1n) is 5.83. The molecule has 0 heterocycles. The van der Waals surface area contributed by atoms with Gasteiger partial charge in [-0.15, -0.1) is 0 Å². The molecule has 0 aliphatic carbocycles. The van der Waals surface area contributed by atoms with E-state index in [-0.39, 0.29) is 5.56 Å². The van der Waals surface area contributed by atoms with Gasteiger partial charge in [0.05, 0.1) is 17.5 Å². The van der Waals surface area contributed by atoms with E-state index >= 15 is 0 Å². The van der Waals surface area contributed by atoms with Crippen LogP contribution in [0.15, 0.2) is 59.7 Å². The van der Waals surface area contributed by atoms with Crippen LogP contribution in [0.5, 0.6) is 0 Å². The van der Waals surface area contributed by atoms with Crippen LogP contribution in [0.2, 0.25) is 0 Å². The molecule has 0 atom stereocenters. The van der Waals surface area contributed by atoms with E-state index in [1.54, 1.807) is 35.5 Å². The molecule has 2 aromatic rings. The maximum Gasteiger partial charge on any atom is 0.335 e. The summed E-state index contributed by atoms with van der Waals surface area (Å²) < 4.78 is 0. The van der Waals surface area contributed by atoms with Gasteiger partial charge in [0.1, 0.15) is 0 Å². The summed E-state index contributed by atoms with van der Waals surface area (Å²) in [5.41, 5.74) is 2.11. The summed E-state index contributed by atoms with van der Waals surface area (Å²) in [4.78, 5) is 10.7. The van der Waals surface area contributed by atoms with Gasteiger partial charge in [0.2, 0.25) is 0 Å². The van der Waals surface area contributed by atoms with Crippen LogP contribution in [-0.4, -0.2) is 24.3 Å². The first kappa shape index (κ1) is 12.8. The van der Waals surface area contributed by atoms with E-state index in [1.165, 1.54) is 0 Å². The van der Waals surface area contributed by atoms with Gasteiger partial charge in [-0.3, -0.25) is 5.01 Å². The first-order valence-corrected chi connectivity index (χ1v) is 5.83. The Balaban J connectivity index is 2.08. The van der Waals surface area contributed by atoms with Crippen LogP contribution in [0.1, 0.15) is 15.9 Å². The summed E-state index contributed by atoms with van der Waals surface area (Å²) >= 11 is 0. The lowest BCUT2D eigenvalue weighted by Crippen LogP contribution is -2.08. The molecule has 0 saturated heterocycles. The molecule has 2 rings (SSSR count). The van der Waals surface area contributed by atoms with E-state index in [1.807, 2.05) is 37.4 Å². The van der Waals surface area contributed by atoms with Crippen molar-refractivity contribution in [3.8, 4) is 0 Å². The SMILES string of the molecule is CN(/N=C\c1ccc(C(=O)O)cc1)c1ccccc1. The molecule has 96 valence electrons. The number of carbonyl (C=O) groups is 1. The van der Waals surface area contributed by atoms with Crippen molar-refractivity contribution in [3.63, 3.8) is 0 Å². The second-order valence-corrected chi connectivity index (χ2v) is 4.03. The number of hydrogen-bond donors (Lipinski definition) is 1. The van der Waals surface area contributed by atoms with Crippen molar-refractivity contribution < 1.29 is 9.90 Å². The minimum Gasteiger partial charge on any atom is -0.478 e. The number of benzene rings is 2. The second kappa shape index (κ2) is 5.82. The largest absolute Gasteiger partial charge is 0.478 e. The monoisotopic (exact) mass is 254 g/mol. The van der Waals surface area contributed by atoms with E-state index in [0.717, 1.165) is 11.3 Å². The van der Waals surface area contributed by atoms with Crippen molar-refractivity contribution in [1.82, 2.24) is 0 Å². The zero-order chi connectivity index (χ0) is 13.7. The molecule has 0 radical (unpaired) electrons. The number of hydrazone groups is 1. The third-order valence-electron chi connectivity index (χ3n) is 2.67. The number of rotatable bonds is 4. The van der Waals surface area contributed by atoms with Gasteiger partial charge in [0.15, 0.2) is 0 Å². The van der Waals surface area contributed by atoms with Gasteiger partial charge in [0, 0.05) is 7.05 Å². The van der Waals surface area contributed by atoms with Crippen LogP contribution in [0.4, 0.5) is 5.69 Å². The highest BCUT2D eigenvalue weighted by Gasteiger charge is 2.00. The highest BCUT2D eigenvalue weighted by Crippen LogP contribution is 2.11. The number of carboxylic acid groups (broad SMARTS) is 1. The lowest BCUT2D eigenvalue weighted by Gasteiger charge is -2.12. The standard InChI is InChI=1S/C15H14N2O2/c1-17(14-5-3-2-4-6-14)16-11-12-7-9-13(10-8-12)15(18)19/h2-11H,1H3,(H,18,19)/b16-11-. The quantitative estimate of drug-likeness (QED) is 0.674. The fourth-order valence-corrected chi connectivity index (χ4v) is 1.58. The van der Waals surface area contributed by atoms with E-state index in [2.05, 4.69) is 5.10 Å². The number of para-hydroxylation sites is 1. The third-order valence-corrected chi connectivity index (χ3v) is 2.67. The van der Waals surface area contributed by atoms with Crippen LogP contribution in [-0.2, 0) is 0 Å². The third kappa shape index (κ3) is 3.42. The summed E-state index contributed by atoms with van der Waals surface area (Å²) in [5.74, 6) is -0.926. The van der Waals surface area contributed by atoms with Crippen LogP contribution in [0.25, 0.3) is 0 Å². The fourth-order valence-electron chi connectivity index (χ4n) is 1.58. The van der Waals surface area contributed by atoms with Crippen LogP contribution < -0.4 is 5.01 Å². The lowest BCUT2D eigenvalue weighted by molar-refractivity contribution is 0.0697. The Morgan fingerprint density at radius 3 is 2.32 bits per heavy atom. The summed E-state index contributed by atoms with van der Waals surface area (Å²) in [5, 5.41) is 14.9. The summed E-state index contributed by atoms with van der Waals surface area (Å²) in [6.07, 6.45) is 1.69. The molecule has 0 fully saturated rings. The van der Waals surface area contributed by atoms with E-state index in [0.29, 0.717) is 0 Å². The molecular formula is C15H14N2O2. The Kier molecular flexibility index (Phi) is 3.93. The first-order chi connectivity index (χ1) is 9.16. The van der Waals surface area contributed by atoms with Crippen LogP contribution in [0, 0.1) is 0 Å². The molecule has 0 saturated carbocycles. The van der Waals surface area contributed by atoms with Crippen molar-refractivity contribution in [2.24, 2.45) is 5.10 Å². The molecule has 2 aromatic carbocycles. The second-order valence-electron chi connectivity index (χ2n) is 4.03. The fraction of sp³-hybridized carbons (Fsp3) is 0.0667. The van der Waals surface area contributed by atoms with Crippen molar-refractivity contribution >= 4 is 17.9 Å². The van der Waals surface area contributed by atoms with E-state index < -0.39 is 5.97 Å². The van der Waals surface area contributed by atoms with Crippen molar-refractivity contribution in [3.05, 3.63) is 65.7 Å². The molecule has 0 spiro atoms. The maximum absolute atomic E-state index is 10.7. The summed E-state index contributed by atoms with van der Waals surface area (Å²) in [6, 6.07) is 16.4. The van der Waals surface area contributed by atoms with Gasteiger partial charge in [-0.2, -0.15) is 5.10 Å². The van der Waals surface area contributed by atoms with Gasteiger partial charge in [-0.1, -0.05) is 30.3 Å². The zero-order valence-electron chi connectivity index (χ0n) is 10.5. The molecule has 0 bridgehead atoms. The maximum atomic E-state index is 10.7. The molecular weight excluding hydrogens is 240 g/mol. The number of nitrogens with zero attached hydrogens (tertiary/aromatic N) is 2. The normalized spacial score (nSPS) is 10.6. The molecule has 0 amide bonds. The minimum absolute atomic E-state index is 0.272. The molecule has 19 heavy (non-hydrogen) atoms. The minimum atomic E-state index is -0.926. The van der Waals surface area contributed by atoms with Crippen molar-refractivity contribution in [1.29, 1.82) is 0 Å².